The SMILES string of the molecule is Cc1cc(COc2ccc(-c3nnco3)cc2)no1. The highest BCUT2D eigenvalue weighted by molar-refractivity contribution is 5.53. The highest BCUT2D eigenvalue weighted by atomic mass is 16.5. The Labute approximate surface area is 109 Å². The molecule has 0 saturated heterocycles. The maximum atomic E-state index is 5.59. The maximum absolute atomic E-state index is 5.59. The lowest BCUT2D eigenvalue weighted by atomic mass is 10.2. The van der Waals surface area contributed by atoms with Gasteiger partial charge in [-0.3, -0.25) is 0 Å². The number of rotatable bonds is 4. The summed E-state index contributed by atoms with van der Waals surface area (Å²) < 4.78 is 15.7. The molecule has 6 heteroatoms. The van der Waals surface area contributed by atoms with Crippen LogP contribution >= 0.6 is 0 Å². The predicted molar refractivity (Wildman–Crippen MR) is 65.3 cm³/mol. The molecule has 6 nitrogen and oxygen atoms in total. The third kappa shape index (κ3) is 2.62. The summed E-state index contributed by atoms with van der Waals surface area (Å²) in [6, 6.07) is 9.24. The first-order valence-corrected chi connectivity index (χ1v) is 5.73. The van der Waals surface area contributed by atoms with E-state index in [4.69, 9.17) is 13.7 Å². The van der Waals surface area contributed by atoms with E-state index in [-0.39, 0.29) is 0 Å². The third-order valence-electron chi connectivity index (χ3n) is 2.52. The number of hydrogen-bond acceptors (Lipinski definition) is 6. The van der Waals surface area contributed by atoms with Crippen LogP contribution in [0.3, 0.4) is 0 Å². The average molecular weight is 257 g/mol. The van der Waals surface area contributed by atoms with Crippen molar-refractivity contribution >= 4 is 0 Å². The zero-order valence-corrected chi connectivity index (χ0v) is 10.2. The van der Waals surface area contributed by atoms with Gasteiger partial charge >= 0.3 is 0 Å². The fraction of sp³-hybridized carbons (Fsp3) is 0.154. The molecule has 0 spiro atoms. The molecule has 3 rings (SSSR count). The van der Waals surface area contributed by atoms with E-state index in [1.165, 1.54) is 6.39 Å². The number of ether oxygens (including phenoxy) is 1. The minimum atomic E-state index is 0.372. The lowest BCUT2D eigenvalue weighted by Gasteiger charge is -2.03. The summed E-state index contributed by atoms with van der Waals surface area (Å²) in [4.78, 5) is 0. The summed E-state index contributed by atoms with van der Waals surface area (Å²) in [6.07, 6.45) is 1.30. The quantitative estimate of drug-likeness (QED) is 0.715. The van der Waals surface area contributed by atoms with Gasteiger partial charge in [0.05, 0.1) is 0 Å². The van der Waals surface area contributed by atoms with Gasteiger partial charge in [-0.15, -0.1) is 10.2 Å². The molecule has 0 aliphatic heterocycles. The lowest BCUT2D eigenvalue weighted by Crippen LogP contribution is -1.95. The van der Waals surface area contributed by atoms with E-state index < -0.39 is 0 Å². The van der Waals surface area contributed by atoms with Gasteiger partial charge in [-0.2, -0.15) is 0 Å². The molecular formula is C13H11N3O3. The Bertz CT molecular complexity index is 644. The largest absolute Gasteiger partial charge is 0.487 e. The standard InChI is InChI=1S/C13H11N3O3/c1-9-6-11(16-19-9)7-17-12-4-2-10(3-5-12)13-15-14-8-18-13/h2-6,8H,7H2,1H3. The Morgan fingerprint density at radius 1 is 1.21 bits per heavy atom. The number of nitrogens with zero attached hydrogens (tertiary/aromatic N) is 3. The van der Waals surface area contributed by atoms with Gasteiger partial charge in [-0.05, 0) is 31.2 Å². The van der Waals surface area contributed by atoms with Crippen molar-refractivity contribution in [3.05, 3.63) is 48.2 Å². The molecule has 0 amide bonds. The smallest absolute Gasteiger partial charge is 0.247 e. The fourth-order valence-corrected chi connectivity index (χ4v) is 1.64. The topological polar surface area (TPSA) is 74.2 Å². The molecule has 0 saturated carbocycles. The Morgan fingerprint density at radius 3 is 2.68 bits per heavy atom. The van der Waals surface area contributed by atoms with Crippen LogP contribution < -0.4 is 4.74 Å². The fourth-order valence-electron chi connectivity index (χ4n) is 1.64. The summed E-state index contributed by atoms with van der Waals surface area (Å²) in [5.74, 6) is 1.99. The molecule has 0 aliphatic carbocycles. The molecule has 0 aliphatic rings. The Hall–Kier alpha value is -2.63. The molecule has 1 aromatic carbocycles. The summed E-state index contributed by atoms with van der Waals surface area (Å²) in [7, 11) is 0. The summed E-state index contributed by atoms with van der Waals surface area (Å²) in [5, 5.41) is 11.3. The van der Waals surface area contributed by atoms with Crippen LogP contribution in [0.25, 0.3) is 11.5 Å². The molecule has 0 bridgehead atoms. The molecule has 2 aromatic heterocycles. The molecule has 0 unspecified atom stereocenters. The van der Waals surface area contributed by atoms with Crippen LogP contribution in [-0.2, 0) is 6.61 Å². The van der Waals surface area contributed by atoms with Gasteiger partial charge in [0, 0.05) is 11.6 Å². The van der Waals surface area contributed by atoms with Gasteiger partial charge in [-0.1, -0.05) is 5.16 Å². The third-order valence-corrected chi connectivity index (χ3v) is 2.52. The highest BCUT2D eigenvalue weighted by Gasteiger charge is 2.04. The Kier molecular flexibility index (Phi) is 2.97. The van der Waals surface area contributed by atoms with Crippen LogP contribution in [0.15, 0.2) is 45.7 Å². The Morgan fingerprint density at radius 2 is 2.05 bits per heavy atom. The van der Waals surface area contributed by atoms with Gasteiger partial charge in [0.25, 0.3) is 0 Å². The summed E-state index contributed by atoms with van der Waals surface area (Å²) in [6.45, 7) is 2.22. The van der Waals surface area contributed by atoms with Gasteiger partial charge in [0.2, 0.25) is 12.3 Å². The highest BCUT2D eigenvalue weighted by Crippen LogP contribution is 2.20. The number of benzene rings is 1. The number of aromatic nitrogens is 3. The molecule has 0 radical (unpaired) electrons. The van der Waals surface area contributed by atoms with Crippen molar-refractivity contribution < 1.29 is 13.7 Å². The zero-order chi connectivity index (χ0) is 13.1. The molecule has 3 aromatic rings. The first-order valence-electron chi connectivity index (χ1n) is 5.73. The van der Waals surface area contributed by atoms with Gasteiger partial charge in [0.1, 0.15) is 23.8 Å². The van der Waals surface area contributed by atoms with Crippen LogP contribution in [0, 0.1) is 6.92 Å². The lowest BCUT2D eigenvalue weighted by molar-refractivity contribution is 0.288. The van der Waals surface area contributed by atoms with Crippen LogP contribution in [0.2, 0.25) is 0 Å². The van der Waals surface area contributed by atoms with Crippen LogP contribution in [0.1, 0.15) is 11.5 Å². The van der Waals surface area contributed by atoms with Crippen molar-refractivity contribution in [1.82, 2.24) is 15.4 Å². The summed E-state index contributed by atoms with van der Waals surface area (Å²) >= 11 is 0. The minimum absolute atomic E-state index is 0.372. The van der Waals surface area contributed by atoms with Crippen LogP contribution in [0.5, 0.6) is 5.75 Å². The van der Waals surface area contributed by atoms with E-state index in [0.717, 1.165) is 22.8 Å². The normalized spacial score (nSPS) is 10.6. The van der Waals surface area contributed by atoms with E-state index in [2.05, 4.69) is 15.4 Å². The van der Waals surface area contributed by atoms with Crippen molar-refractivity contribution in [3.63, 3.8) is 0 Å². The van der Waals surface area contributed by atoms with Crippen molar-refractivity contribution in [3.8, 4) is 17.2 Å². The van der Waals surface area contributed by atoms with Crippen LogP contribution in [-0.4, -0.2) is 15.4 Å². The van der Waals surface area contributed by atoms with E-state index in [9.17, 15) is 0 Å². The molecular weight excluding hydrogens is 246 g/mol. The van der Waals surface area contributed by atoms with Gasteiger partial charge in [0.15, 0.2) is 0 Å². The number of hydrogen-bond donors (Lipinski definition) is 0. The van der Waals surface area contributed by atoms with E-state index in [0.29, 0.717) is 12.5 Å². The van der Waals surface area contributed by atoms with E-state index >= 15 is 0 Å². The molecule has 19 heavy (non-hydrogen) atoms. The van der Waals surface area contributed by atoms with Crippen molar-refractivity contribution in [2.75, 3.05) is 0 Å². The predicted octanol–water partition coefficient (Wildman–Crippen LogP) is 2.61. The second-order valence-corrected chi connectivity index (χ2v) is 3.99. The first-order chi connectivity index (χ1) is 9.31. The summed E-state index contributed by atoms with van der Waals surface area (Å²) in [5.41, 5.74) is 1.61. The molecule has 0 fully saturated rings. The molecule has 0 N–H and O–H groups in total. The van der Waals surface area contributed by atoms with E-state index in [1.807, 2.05) is 37.3 Å². The second-order valence-electron chi connectivity index (χ2n) is 3.99. The van der Waals surface area contributed by atoms with Gasteiger partial charge < -0.3 is 13.7 Å². The second kappa shape index (κ2) is 4.93. The van der Waals surface area contributed by atoms with Crippen molar-refractivity contribution in [2.24, 2.45) is 0 Å². The maximum Gasteiger partial charge on any atom is 0.247 e. The first kappa shape index (κ1) is 11.5. The van der Waals surface area contributed by atoms with E-state index in [1.54, 1.807) is 0 Å². The number of aryl methyl sites for hydroxylation is 1. The molecule has 96 valence electrons. The van der Waals surface area contributed by atoms with Crippen molar-refractivity contribution in [2.45, 2.75) is 13.5 Å². The molecule has 2 heterocycles. The van der Waals surface area contributed by atoms with Crippen LogP contribution in [0.4, 0.5) is 0 Å². The Balaban J connectivity index is 1.66. The van der Waals surface area contributed by atoms with Crippen molar-refractivity contribution in [1.29, 1.82) is 0 Å². The van der Waals surface area contributed by atoms with Gasteiger partial charge in [-0.25, -0.2) is 0 Å². The monoisotopic (exact) mass is 257 g/mol. The molecule has 0 atom stereocenters. The minimum Gasteiger partial charge on any atom is -0.487 e. The zero-order valence-electron chi connectivity index (χ0n) is 10.2. The average Bonchev–Trinajstić information content (AvgIpc) is 3.08.